The van der Waals surface area contributed by atoms with Crippen LogP contribution in [-0.2, 0) is 0 Å². The van der Waals surface area contributed by atoms with Gasteiger partial charge in [0.15, 0.2) is 17.5 Å². The number of fused-ring (bicyclic) bond motifs is 10. The van der Waals surface area contributed by atoms with Gasteiger partial charge in [-0.15, -0.1) is 0 Å². The summed E-state index contributed by atoms with van der Waals surface area (Å²) in [7, 11) is 0. The first-order valence-electron chi connectivity index (χ1n) is 19.9. The first kappa shape index (κ1) is 33.2. The summed E-state index contributed by atoms with van der Waals surface area (Å²) in [6.07, 6.45) is 0. The topological polar surface area (TPSA) is 51.8 Å². The molecule has 2 aromatic heterocycles. The number of para-hydroxylation sites is 1. The van der Waals surface area contributed by atoms with E-state index in [4.69, 9.17) is 19.4 Å². The van der Waals surface area contributed by atoms with Gasteiger partial charge >= 0.3 is 0 Å². The Morgan fingerprint density at radius 1 is 0.271 bits per heavy atom. The zero-order valence-corrected chi connectivity index (χ0v) is 31.8. The van der Waals surface area contributed by atoms with Crippen molar-refractivity contribution in [3.63, 3.8) is 0 Å². The molecule has 10 aromatic carbocycles. The normalized spacial score (nSPS) is 11.7. The standard InChI is InChI=1S/C55H33N3O/c1-2-12-34(13-3-1)41-32-49(52-47-20-10-11-21-50(47)59-51(52)33-41)55-57-53(37-25-22-36(23-26-37)39-27-24-35-14-4-5-15-38(35)30-39)56-54(58-55)40-28-29-46-44-18-7-6-16-42(44)43-17-8-9-19-45(43)48(46)31-40/h1-33H. The maximum absolute atomic E-state index is 6.54. The molecule has 12 aromatic rings. The van der Waals surface area contributed by atoms with Crippen molar-refractivity contribution in [3.05, 3.63) is 200 Å². The Morgan fingerprint density at radius 3 is 1.54 bits per heavy atom. The lowest BCUT2D eigenvalue weighted by Gasteiger charge is -2.13. The van der Waals surface area contributed by atoms with Crippen LogP contribution in [0.4, 0.5) is 0 Å². The smallest absolute Gasteiger partial charge is 0.164 e. The summed E-state index contributed by atoms with van der Waals surface area (Å²) in [6, 6.07) is 70.5. The van der Waals surface area contributed by atoms with Gasteiger partial charge in [-0.1, -0.05) is 170 Å². The molecular formula is C55H33N3O. The molecule has 4 nitrogen and oxygen atoms in total. The van der Waals surface area contributed by atoms with Crippen LogP contribution in [0.5, 0.6) is 0 Å². The maximum Gasteiger partial charge on any atom is 0.164 e. The van der Waals surface area contributed by atoms with Gasteiger partial charge in [-0.25, -0.2) is 15.0 Å². The Morgan fingerprint density at radius 2 is 0.797 bits per heavy atom. The summed E-state index contributed by atoms with van der Waals surface area (Å²) < 4.78 is 6.54. The fraction of sp³-hybridized carbons (Fsp3) is 0. The van der Waals surface area contributed by atoms with Crippen LogP contribution in [0.25, 0.3) is 121 Å². The van der Waals surface area contributed by atoms with Crippen molar-refractivity contribution in [3.8, 4) is 56.4 Å². The van der Waals surface area contributed by atoms with Gasteiger partial charge in [0.2, 0.25) is 0 Å². The number of hydrogen-bond donors (Lipinski definition) is 0. The van der Waals surface area contributed by atoms with Gasteiger partial charge < -0.3 is 4.42 Å². The maximum atomic E-state index is 6.54. The molecule has 0 amide bonds. The summed E-state index contributed by atoms with van der Waals surface area (Å²) in [5.74, 6) is 1.79. The van der Waals surface area contributed by atoms with Crippen LogP contribution in [-0.4, -0.2) is 15.0 Å². The number of benzene rings is 10. The summed E-state index contributed by atoms with van der Waals surface area (Å²) >= 11 is 0. The zero-order chi connectivity index (χ0) is 38.9. The van der Waals surface area contributed by atoms with Crippen LogP contribution >= 0.6 is 0 Å². The van der Waals surface area contributed by atoms with Crippen molar-refractivity contribution in [1.82, 2.24) is 15.0 Å². The molecule has 0 unspecified atom stereocenters. The van der Waals surface area contributed by atoms with E-state index in [0.29, 0.717) is 17.5 Å². The summed E-state index contributed by atoms with van der Waals surface area (Å²) in [5.41, 5.74) is 8.73. The van der Waals surface area contributed by atoms with Crippen LogP contribution in [0.2, 0.25) is 0 Å². The van der Waals surface area contributed by atoms with Crippen molar-refractivity contribution in [2.45, 2.75) is 0 Å². The number of rotatable bonds is 5. The van der Waals surface area contributed by atoms with E-state index < -0.39 is 0 Å². The molecule has 0 aliphatic carbocycles. The molecule has 0 aliphatic rings. The second-order valence-corrected chi connectivity index (χ2v) is 15.2. The van der Waals surface area contributed by atoms with Crippen LogP contribution in [0, 0.1) is 0 Å². The van der Waals surface area contributed by atoms with E-state index >= 15 is 0 Å². The van der Waals surface area contributed by atoms with Crippen LogP contribution < -0.4 is 0 Å². The van der Waals surface area contributed by atoms with E-state index in [-0.39, 0.29) is 0 Å². The van der Waals surface area contributed by atoms with E-state index in [2.05, 4.69) is 182 Å². The van der Waals surface area contributed by atoms with Crippen molar-refractivity contribution in [2.24, 2.45) is 0 Å². The molecule has 0 spiro atoms. The average Bonchev–Trinajstić information content (AvgIpc) is 3.70. The third kappa shape index (κ3) is 5.57. The molecule has 0 aliphatic heterocycles. The summed E-state index contributed by atoms with van der Waals surface area (Å²) in [6.45, 7) is 0. The summed E-state index contributed by atoms with van der Waals surface area (Å²) in [5, 5.41) is 11.7. The van der Waals surface area contributed by atoms with Gasteiger partial charge in [-0.3, -0.25) is 0 Å². The number of nitrogens with zero attached hydrogens (tertiary/aromatic N) is 3. The lowest BCUT2D eigenvalue weighted by molar-refractivity contribution is 0.669. The van der Waals surface area contributed by atoms with Crippen molar-refractivity contribution in [1.29, 1.82) is 0 Å². The monoisotopic (exact) mass is 751 g/mol. The highest BCUT2D eigenvalue weighted by atomic mass is 16.3. The SMILES string of the molecule is c1ccc(-c2cc(-c3nc(-c4ccc(-c5ccc6ccccc6c5)cc4)nc(-c4ccc5c6ccccc6c6ccccc6c5c4)n3)c3c(c2)oc2ccccc23)cc1. The van der Waals surface area contributed by atoms with Crippen LogP contribution in [0.1, 0.15) is 0 Å². The highest BCUT2D eigenvalue weighted by Crippen LogP contribution is 2.41. The minimum absolute atomic E-state index is 0.585. The molecule has 0 N–H and O–H groups in total. The Balaban J connectivity index is 1.09. The molecule has 0 atom stereocenters. The molecule has 0 fully saturated rings. The molecule has 12 rings (SSSR count). The largest absolute Gasteiger partial charge is 0.456 e. The Labute approximate surface area is 339 Å². The Kier molecular flexibility index (Phi) is 7.50. The third-order valence-electron chi connectivity index (χ3n) is 11.7. The number of hydrogen-bond acceptors (Lipinski definition) is 4. The second-order valence-electron chi connectivity index (χ2n) is 15.2. The third-order valence-corrected chi connectivity index (χ3v) is 11.7. The van der Waals surface area contributed by atoms with E-state index in [9.17, 15) is 0 Å². The number of furan rings is 1. The molecule has 4 heteroatoms. The predicted octanol–water partition coefficient (Wildman–Crippen LogP) is 14.7. The lowest BCUT2D eigenvalue weighted by Crippen LogP contribution is -2.01. The second kappa shape index (κ2) is 13.3. The van der Waals surface area contributed by atoms with Gasteiger partial charge in [0.1, 0.15) is 11.2 Å². The molecule has 0 bridgehead atoms. The van der Waals surface area contributed by atoms with Gasteiger partial charge in [0, 0.05) is 27.5 Å². The Hall–Kier alpha value is -7.95. The van der Waals surface area contributed by atoms with E-state index in [0.717, 1.165) is 66.3 Å². The quantitative estimate of drug-likeness (QED) is 0.164. The van der Waals surface area contributed by atoms with E-state index in [1.54, 1.807) is 0 Å². The molecule has 2 heterocycles. The first-order valence-corrected chi connectivity index (χ1v) is 19.9. The molecule has 0 saturated carbocycles. The first-order chi connectivity index (χ1) is 29.2. The lowest BCUT2D eigenvalue weighted by atomic mass is 9.93. The van der Waals surface area contributed by atoms with Crippen molar-refractivity contribution in [2.75, 3.05) is 0 Å². The van der Waals surface area contributed by atoms with E-state index in [1.165, 1.54) is 37.7 Å². The fourth-order valence-electron chi connectivity index (χ4n) is 8.81. The highest BCUT2D eigenvalue weighted by molar-refractivity contribution is 6.25. The van der Waals surface area contributed by atoms with Gasteiger partial charge in [0.25, 0.3) is 0 Å². The zero-order valence-electron chi connectivity index (χ0n) is 31.8. The minimum Gasteiger partial charge on any atom is -0.456 e. The number of aromatic nitrogens is 3. The van der Waals surface area contributed by atoms with Crippen molar-refractivity contribution >= 4 is 65.0 Å². The molecular weight excluding hydrogens is 719 g/mol. The van der Waals surface area contributed by atoms with Gasteiger partial charge in [-0.2, -0.15) is 0 Å². The highest BCUT2D eigenvalue weighted by Gasteiger charge is 2.20. The average molecular weight is 752 g/mol. The van der Waals surface area contributed by atoms with Crippen LogP contribution in [0.15, 0.2) is 205 Å². The van der Waals surface area contributed by atoms with Gasteiger partial charge in [-0.05, 0) is 95.7 Å². The molecule has 59 heavy (non-hydrogen) atoms. The fourth-order valence-corrected chi connectivity index (χ4v) is 8.81. The predicted molar refractivity (Wildman–Crippen MR) is 244 cm³/mol. The summed E-state index contributed by atoms with van der Waals surface area (Å²) in [4.78, 5) is 15.9. The minimum atomic E-state index is 0.585. The van der Waals surface area contributed by atoms with E-state index in [1.807, 2.05) is 18.2 Å². The van der Waals surface area contributed by atoms with Crippen LogP contribution in [0.3, 0.4) is 0 Å². The van der Waals surface area contributed by atoms with Crippen molar-refractivity contribution < 1.29 is 4.42 Å². The molecule has 274 valence electrons. The molecule has 0 saturated heterocycles. The molecule has 0 radical (unpaired) electrons. The Bertz CT molecular complexity index is 3570. The van der Waals surface area contributed by atoms with Gasteiger partial charge in [0.05, 0.1) is 0 Å².